The van der Waals surface area contributed by atoms with Crippen molar-refractivity contribution < 1.29 is 14.2 Å². The molecule has 35 heavy (non-hydrogen) atoms. The van der Waals surface area contributed by atoms with Crippen molar-refractivity contribution in [2.24, 2.45) is 11.7 Å². The van der Waals surface area contributed by atoms with Gasteiger partial charge in [-0.2, -0.15) is 9.97 Å². The predicted molar refractivity (Wildman–Crippen MR) is 128 cm³/mol. The molecule has 5 unspecified atom stereocenters. The van der Waals surface area contributed by atoms with E-state index in [9.17, 15) is 5.11 Å². The molecule has 2 fully saturated rings. The van der Waals surface area contributed by atoms with Crippen LogP contribution in [0.3, 0.4) is 0 Å². The number of rotatable bonds is 4. The molecule has 0 amide bonds. The summed E-state index contributed by atoms with van der Waals surface area (Å²) in [7, 11) is 1.77. The van der Waals surface area contributed by atoms with Gasteiger partial charge < -0.3 is 30.8 Å². The van der Waals surface area contributed by atoms with Gasteiger partial charge in [0.15, 0.2) is 11.6 Å². The van der Waals surface area contributed by atoms with E-state index in [1.165, 1.54) is 12.4 Å². The number of piperidine rings is 1. The van der Waals surface area contributed by atoms with E-state index in [1.54, 1.807) is 20.0 Å². The molecule has 5 atom stereocenters. The van der Waals surface area contributed by atoms with Crippen molar-refractivity contribution >= 4 is 33.4 Å². The first-order chi connectivity index (χ1) is 16.9. The third-order valence-electron chi connectivity index (χ3n) is 7.78. The Kier molecular flexibility index (Phi) is 4.28. The molecule has 1 saturated carbocycles. The van der Waals surface area contributed by atoms with Crippen LogP contribution in [0.15, 0.2) is 18.5 Å². The van der Waals surface area contributed by atoms with Gasteiger partial charge in [0.25, 0.3) is 0 Å². The third-order valence-corrected chi connectivity index (χ3v) is 7.78. The Morgan fingerprint density at radius 2 is 2.06 bits per heavy atom. The lowest BCUT2D eigenvalue weighted by Crippen LogP contribution is -2.49. The van der Waals surface area contributed by atoms with Crippen LogP contribution >= 0.6 is 0 Å². The molecule has 10 nitrogen and oxygen atoms in total. The van der Waals surface area contributed by atoms with Crippen LogP contribution in [0.1, 0.15) is 37.3 Å². The van der Waals surface area contributed by atoms with E-state index < -0.39 is 6.10 Å². The maximum Gasteiger partial charge on any atom is 0.326 e. The molecule has 1 saturated heterocycles. The predicted octanol–water partition coefficient (Wildman–Crippen LogP) is 2.78. The lowest BCUT2D eigenvalue weighted by atomic mass is 9.89. The van der Waals surface area contributed by atoms with Crippen LogP contribution in [0.2, 0.25) is 0 Å². The lowest BCUT2D eigenvalue weighted by molar-refractivity contribution is 0.188. The highest BCUT2D eigenvalue weighted by Gasteiger charge is 2.52. The SMILES string of the molecule is CNc1cc(F)c2c3c1[nH]c1nc(Oc4cnc(C(C)O)nc4)nc(c13)N1C3CC(N)C(C3)C1C2. The van der Waals surface area contributed by atoms with Gasteiger partial charge in [-0.05, 0) is 38.2 Å². The number of hydrogen-bond acceptors (Lipinski definition) is 9. The molecule has 1 aliphatic carbocycles. The largest absolute Gasteiger partial charge is 0.421 e. The van der Waals surface area contributed by atoms with Gasteiger partial charge in [0.2, 0.25) is 0 Å². The van der Waals surface area contributed by atoms with Crippen LogP contribution in [-0.2, 0) is 6.42 Å². The molecule has 180 valence electrons. The van der Waals surface area contributed by atoms with E-state index in [2.05, 4.69) is 30.2 Å². The van der Waals surface area contributed by atoms with Crippen molar-refractivity contribution in [3.8, 4) is 11.8 Å². The van der Waals surface area contributed by atoms with Crippen molar-refractivity contribution in [3.05, 3.63) is 35.7 Å². The van der Waals surface area contributed by atoms with Gasteiger partial charge in [0.1, 0.15) is 23.4 Å². The standard InChI is InChI=1S/C24H25FN8O2/c1-9(34)21-28-7-11(8-29-21)35-24-31-22-19-18-12(14(25)6-16(27-2)20(18)30-22)5-17-13-3-10(4-15(13)26)33(17)23(19)32-24/h6-10,13,15,17,27,34H,3-5,26H2,1-2H3,(H,30,31,32). The summed E-state index contributed by atoms with van der Waals surface area (Å²) in [5, 5.41) is 14.4. The van der Waals surface area contributed by atoms with Gasteiger partial charge in [0.05, 0.1) is 29.0 Å². The summed E-state index contributed by atoms with van der Waals surface area (Å²) < 4.78 is 21.4. The van der Waals surface area contributed by atoms with E-state index in [0.717, 1.165) is 34.9 Å². The number of anilines is 2. The van der Waals surface area contributed by atoms with Gasteiger partial charge in [-0.3, -0.25) is 0 Å². The number of nitrogens with one attached hydrogen (secondary N) is 2. The highest BCUT2D eigenvalue weighted by atomic mass is 19.1. The molecule has 5 heterocycles. The fourth-order valence-corrected chi connectivity index (χ4v) is 6.30. The van der Waals surface area contributed by atoms with Gasteiger partial charge in [-0.15, -0.1) is 0 Å². The second kappa shape index (κ2) is 7.22. The summed E-state index contributed by atoms with van der Waals surface area (Å²) in [5.41, 5.74) is 9.20. The number of nitrogens with two attached hydrogens (primary N) is 1. The summed E-state index contributed by atoms with van der Waals surface area (Å²) in [6.45, 7) is 1.60. The highest BCUT2D eigenvalue weighted by molar-refractivity contribution is 6.16. The number of nitrogens with zero attached hydrogens (tertiary/aromatic N) is 5. The molecule has 7 rings (SSSR count). The van der Waals surface area contributed by atoms with Crippen LogP contribution < -0.4 is 20.7 Å². The minimum Gasteiger partial charge on any atom is -0.421 e. The zero-order valence-electron chi connectivity index (χ0n) is 19.3. The van der Waals surface area contributed by atoms with Crippen LogP contribution in [0.25, 0.3) is 21.9 Å². The number of halogens is 1. The summed E-state index contributed by atoms with van der Waals surface area (Å²) in [4.78, 5) is 23.5. The summed E-state index contributed by atoms with van der Waals surface area (Å²) in [5.74, 6) is 1.45. The van der Waals surface area contributed by atoms with Crippen LogP contribution in [0.5, 0.6) is 11.8 Å². The van der Waals surface area contributed by atoms with Crippen LogP contribution in [0.4, 0.5) is 15.9 Å². The summed E-state index contributed by atoms with van der Waals surface area (Å²) >= 11 is 0. The number of H-pyrrole nitrogens is 1. The van der Waals surface area contributed by atoms with E-state index in [-0.39, 0.29) is 35.9 Å². The molecule has 11 heteroatoms. The molecule has 5 N–H and O–H groups in total. The maximum atomic E-state index is 15.4. The number of aliphatic hydroxyl groups is 1. The lowest BCUT2D eigenvalue weighted by Gasteiger charge is -2.38. The minimum atomic E-state index is -0.777. The Bertz CT molecular complexity index is 1490. The Morgan fingerprint density at radius 1 is 1.26 bits per heavy atom. The fourth-order valence-electron chi connectivity index (χ4n) is 6.30. The molecule has 4 aromatic rings. The fraction of sp³-hybridized carbons (Fsp3) is 0.417. The number of benzene rings is 1. The number of aliphatic hydroxyl groups excluding tert-OH is 1. The second-order valence-electron chi connectivity index (χ2n) is 9.75. The van der Waals surface area contributed by atoms with E-state index in [1.807, 2.05) is 0 Å². The number of hydrogen-bond donors (Lipinski definition) is 4. The average molecular weight is 477 g/mol. The van der Waals surface area contributed by atoms with Gasteiger partial charge in [-0.25, -0.2) is 14.4 Å². The van der Waals surface area contributed by atoms with Gasteiger partial charge >= 0.3 is 6.01 Å². The molecule has 2 bridgehead atoms. The molecule has 3 aliphatic rings. The van der Waals surface area contributed by atoms with Crippen molar-refractivity contribution in [2.45, 2.75) is 50.4 Å². The molecule has 0 spiro atoms. The number of fused-ring (bicyclic) bond motifs is 6. The average Bonchev–Trinajstić information content (AvgIpc) is 3.47. The van der Waals surface area contributed by atoms with Crippen molar-refractivity contribution in [3.63, 3.8) is 0 Å². The molecule has 0 radical (unpaired) electrons. The number of aromatic amines is 1. The third kappa shape index (κ3) is 2.88. The van der Waals surface area contributed by atoms with Crippen molar-refractivity contribution in [1.82, 2.24) is 24.9 Å². The molecular formula is C24H25FN8O2. The van der Waals surface area contributed by atoms with Crippen molar-refractivity contribution in [2.75, 3.05) is 17.3 Å². The zero-order valence-corrected chi connectivity index (χ0v) is 19.3. The van der Waals surface area contributed by atoms with E-state index >= 15 is 4.39 Å². The maximum absolute atomic E-state index is 15.4. The summed E-state index contributed by atoms with van der Waals surface area (Å²) in [6, 6.07) is 2.10. The molecular weight excluding hydrogens is 451 g/mol. The van der Waals surface area contributed by atoms with Crippen LogP contribution in [-0.4, -0.2) is 55.2 Å². The van der Waals surface area contributed by atoms with Crippen molar-refractivity contribution in [1.29, 1.82) is 0 Å². The first-order valence-corrected chi connectivity index (χ1v) is 11.9. The Balaban J connectivity index is 1.44. The monoisotopic (exact) mass is 476 g/mol. The Morgan fingerprint density at radius 3 is 2.80 bits per heavy atom. The van der Waals surface area contributed by atoms with E-state index in [4.69, 9.17) is 15.5 Å². The minimum absolute atomic E-state index is 0.0638. The highest BCUT2D eigenvalue weighted by Crippen LogP contribution is 2.51. The first kappa shape index (κ1) is 20.8. The first-order valence-electron chi connectivity index (χ1n) is 11.9. The van der Waals surface area contributed by atoms with Gasteiger partial charge in [-0.1, -0.05) is 0 Å². The smallest absolute Gasteiger partial charge is 0.326 e. The van der Waals surface area contributed by atoms with E-state index in [0.29, 0.717) is 34.9 Å². The number of aromatic nitrogens is 5. The Hall–Kier alpha value is -3.57. The van der Waals surface area contributed by atoms with Crippen LogP contribution in [0, 0.1) is 11.7 Å². The Labute approximate surface area is 199 Å². The summed E-state index contributed by atoms with van der Waals surface area (Å²) in [6.07, 6.45) is 4.61. The molecule has 2 aliphatic heterocycles. The van der Waals surface area contributed by atoms with Gasteiger partial charge in [0, 0.05) is 36.1 Å². The normalized spacial score (nSPS) is 25.3. The number of ether oxygens (including phenoxy) is 1. The quantitative estimate of drug-likeness (QED) is 0.350. The topological polar surface area (TPSA) is 138 Å². The zero-order chi connectivity index (χ0) is 24.0. The second-order valence-corrected chi connectivity index (χ2v) is 9.75. The molecule has 3 aromatic heterocycles. The molecule has 1 aromatic carbocycles.